The van der Waals surface area contributed by atoms with Crippen LogP contribution in [0.2, 0.25) is 0 Å². The lowest BCUT2D eigenvalue weighted by Gasteiger charge is -2.11. The summed E-state index contributed by atoms with van der Waals surface area (Å²) in [6.45, 7) is 0.617. The van der Waals surface area contributed by atoms with E-state index in [0.717, 1.165) is 0 Å². The van der Waals surface area contributed by atoms with Crippen LogP contribution < -0.4 is 10.1 Å². The lowest BCUT2D eigenvalue weighted by Crippen LogP contribution is -2.28. The number of ether oxygens (including phenoxy) is 1. The molecule has 2 rings (SSSR count). The molecule has 2 aromatic carbocycles. The molecule has 0 aromatic heterocycles. The monoisotopic (exact) mass is 337 g/mol. The Morgan fingerprint density at radius 2 is 1.80 bits per heavy atom. The Hall–Kier alpha value is -3.33. The molecule has 0 unspecified atom stereocenters. The summed E-state index contributed by atoms with van der Waals surface area (Å²) in [4.78, 5) is 25.4. The highest BCUT2D eigenvalue weighted by atomic mass is 16.5. The van der Waals surface area contributed by atoms with Gasteiger partial charge in [-0.1, -0.05) is 6.07 Å². The molecule has 0 fully saturated rings. The zero-order valence-corrected chi connectivity index (χ0v) is 14.2. The summed E-state index contributed by atoms with van der Waals surface area (Å²) in [7, 11) is 3.35. The highest BCUT2D eigenvalue weighted by Gasteiger charge is 2.10. The van der Waals surface area contributed by atoms with Crippen molar-refractivity contribution in [3.63, 3.8) is 0 Å². The Balaban J connectivity index is 1.82. The van der Waals surface area contributed by atoms with E-state index in [4.69, 9.17) is 10.00 Å². The van der Waals surface area contributed by atoms with Gasteiger partial charge in [-0.05, 0) is 42.5 Å². The first kappa shape index (κ1) is 18.0. The highest BCUT2D eigenvalue weighted by Crippen LogP contribution is 2.12. The molecule has 6 heteroatoms. The second kappa shape index (κ2) is 8.50. The molecular formula is C19H19N3O3. The average Bonchev–Trinajstić information content (AvgIpc) is 2.64. The molecule has 0 aliphatic heterocycles. The molecule has 2 aromatic rings. The van der Waals surface area contributed by atoms with Crippen molar-refractivity contribution in [2.45, 2.75) is 0 Å². The smallest absolute Gasteiger partial charge is 0.253 e. The fraction of sp³-hybridized carbons (Fsp3) is 0.211. The van der Waals surface area contributed by atoms with Crippen molar-refractivity contribution in [2.75, 3.05) is 27.2 Å². The van der Waals surface area contributed by atoms with Crippen LogP contribution in [-0.2, 0) is 0 Å². The van der Waals surface area contributed by atoms with E-state index in [9.17, 15) is 9.59 Å². The molecule has 0 atom stereocenters. The lowest BCUT2D eigenvalue weighted by atomic mass is 10.1. The van der Waals surface area contributed by atoms with Crippen molar-refractivity contribution >= 4 is 11.8 Å². The molecule has 0 saturated carbocycles. The summed E-state index contributed by atoms with van der Waals surface area (Å²) in [6.07, 6.45) is 0. The average molecular weight is 337 g/mol. The number of amides is 2. The summed E-state index contributed by atoms with van der Waals surface area (Å²) in [5.41, 5.74) is 1.53. The maximum Gasteiger partial charge on any atom is 0.253 e. The number of carbonyl (C=O) groups excluding carboxylic acids is 2. The van der Waals surface area contributed by atoms with E-state index in [2.05, 4.69) is 5.32 Å². The zero-order chi connectivity index (χ0) is 18.2. The molecule has 0 spiro atoms. The van der Waals surface area contributed by atoms with E-state index in [1.807, 2.05) is 6.07 Å². The maximum atomic E-state index is 12.1. The second-order valence-corrected chi connectivity index (χ2v) is 5.52. The Kier molecular flexibility index (Phi) is 6.13. The molecule has 0 bridgehead atoms. The van der Waals surface area contributed by atoms with Gasteiger partial charge in [-0.25, -0.2) is 0 Å². The van der Waals surface area contributed by atoms with Crippen LogP contribution in [0.4, 0.5) is 0 Å². The van der Waals surface area contributed by atoms with Gasteiger partial charge in [0, 0.05) is 25.2 Å². The SMILES string of the molecule is CN(C)C(=O)c1ccc(C(=O)NCCOc2cccc(C#N)c2)cc1. The van der Waals surface area contributed by atoms with Crippen molar-refractivity contribution in [3.8, 4) is 11.8 Å². The third-order valence-corrected chi connectivity index (χ3v) is 3.42. The van der Waals surface area contributed by atoms with Crippen molar-refractivity contribution in [1.29, 1.82) is 5.26 Å². The summed E-state index contributed by atoms with van der Waals surface area (Å²) in [5.74, 6) is 0.234. The predicted octanol–water partition coefficient (Wildman–Crippen LogP) is 2.07. The quantitative estimate of drug-likeness (QED) is 0.818. The Labute approximate surface area is 146 Å². The standard InChI is InChI=1S/C19H19N3O3/c1-22(2)19(24)16-8-6-15(7-9-16)18(23)21-10-11-25-17-5-3-4-14(12-17)13-20/h3-9,12H,10-11H2,1-2H3,(H,21,23). The van der Waals surface area contributed by atoms with E-state index in [0.29, 0.717) is 29.0 Å². The van der Waals surface area contributed by atoms with E-state index in [1.54, 1.807) is 62.6 Å². The molecule has 0 aliphatic carbocycles. The largest absolute Gasteiger partial charge is 0.492 e. The third-order valence-electron chi connectivity index (χ3n) is 3.42. The molecule has 2 amide bonds. The van der Waals surface area contributed by atoms with Gasteiger partial charge in [0.25, 0.3) is 11.8 Å². The fourth-order valence-electron chi connectivity index (χ4n) is 2.11. The van der Waals surface area contributed by atoms with Gasteiger partial charge in [0.2, 0.25) is 0 Å². The van der Waals surface area contributed by atoms with E-state index < -0.39 is 0 Å². The van der Waals surface area contributed by atoms with Crippen LogP contribution in [0.25, 0.3) is 0 Å². The minimum Gasteiger partial charge on any atom is -0.492 e. The summed E-state index contributed by atoms with van der Waals surface area (Å²) < 4.78 is 5.50. The van der Waals surface area contributed by atoms with Gasteiger partial charge < -0.3 is 15.0 Å². The minimum atomic E-state index is -0.238. The number of nitrogens with zero attached hydrogens (tertiary/aromatic N) is 2. The first-order chi connectivity index (χ1) is 12.0. The first-order valence-electron chi connectivity index (χ1n) is 7.74. The van der Waals surface area contributed by atoms with Crippen LogP contribution in [0.1, 0.15) is 26.3 Å². The van der Waals surface area contributed by atoms with Gasteiger partial charge in [-0.3, -0.25) is 9.59 Å². The molecule has 0 heterocycles. The second-order valence-electron chi connectivity index (χ2n) is 5.52. The van der Waals surface area contributed by atoms with Crippen molar-refractivity contribution in [2.24, 2.45) is 0 Å². The molecule has 128 valence electrons. The van der Waals surface area contributed by atoms with E-state index in [1.165, 1.54) is 4.90 Å². The van der Waals surface area contributed by atoms with Crippen molar-refractivity contribution in [3.05, 3.63) is 65.2 Å². The number of hydrogen-bond acceptors (Lipinski definition) is 4. The molecule has 6 nitrogen and oxygen atoms in total. The van der Waals surface area contributed by atoms with Gasteiger partial charge in [-0.15, -0.1) is 0 Å². The number of nitrogens with one attached hydrogen (secondary N) is 1. The minimum absolute atomic E-state index is 0.111. The van der Waals surface area contributed by atoms with Crippen molar-refractivity contribution < 1.29 is 14.3 Å². The lowest BCUT2D eigenvalue weighted by molar-refractivity contribution is 0.0826. The number of hydrogen-bond donors (Lipinski definition) is 1. The normalized spacial score (nSPS) is 9.80. The Bertz CT molecular complexity index is 792. The molecular weight excluding hydrogens is 318 g/mol. The number of carbonyl (C=O) groups is 2. The summed E-state index contributed by atoms with van der Waals surface area (Å²) in [6, 6.07) is 15.3. The topological polar surface area (TPSA) is 82.4 Å². The van der Waals surface area contributed by atoms with E-state index in [-0.39, 0.29) is 18.4 Å². The zero-order valence-electron chi connectivity index (χ0n) is 14.2. The Morgan fingerprint density at radius 3 is 2.44 bits per heavy atom. The van der Waals surface area contributed by atoms with Crippen LogP contribution in [0, 0.1) is 11.3 Å². The van der Waals surface area contributed by atoms with Gasteiger partial charge in [0.05, 0.1) is 18.2 Å². The van der Waals surface area contributed by atoms with Crippen LogP contribution in [0.3, 0.4) is 0 Å². The Morgan fingerprint density at radius 1 is 1.12 bits per heavy atom. The van der Waals surface area contributed by atoms with Crippen molar-refractivity contribution in [1.82, 2.24) is 10.2 Å². The highest BCUT2D eigenvalue weighted by molar-refractivity contribution is 5.97. The van der Waals surface area contributed by atoms with Crippen LogP contribution >= 0.6 is 0 Å². The van der Waals surface area contributed by atoms with Crippen LogP contribution in [0.15, 0.2) is 48.5 Å². The molecule has 0 saturated heterocycles. The molecule has 0 radical (unpaired) electrons. The predicted molar refractivity (Wildman–Crippen MR) is 93.4 cm³/mol. The molecule has 25 heavy (non-hydrogen) atoms. The van der Waals surface area contributed by atoms with E-state index >= 15 is 0 Å². The summed E-state index contributed by atoms with van der Waals surface area (Å²) >= 11 is 0. The third kappa shape index (κ3) is 5.08. The van der Waals surface area contributed by atoms with Gasteiger partial charge in [0.1, 0.15) is 12.4 Å². The summed E-state index contributed by atoms with van der Waals surface area (Å²) in [5, 5.41) is 11.6. The van der Waals surface area contributed by atoms with Gasteiger partial charge in [-0.2, -0.15) is 5.26 Å². The first-order valence-corrected chi connectivity index (χ1v) is 7.74. The molecule has 1 N–H and O–H groups in total. The van der Waals surface area contributed by atoms with Gasteiger partial charge >= 0.3 is 0 Å². The molecule has 0 aliphatic rings. The number of benzene rings is 2. The fourth-order valence-corrected chi connectivity index (χ4v) is 2.11. The number of nitriles is 1. The van der Waals surface area contributed by atoms with Gasteiger partial charge in [0.15, 0.2) is 0 Å². The van der Waals surface area contributed by atoms with Crippen LogP contribution in [-0.4, -0.2) is 44.0 Å². The maximum absolute atomic E-state index is 12.1. The number of rotatable bonds is 6. The van der Waals surface area contributed by atoms with Crippen LogP contribution in [0.5, 0.6) is 5.75 Å².